The van der Waals surface area contributed by atoms with Crippen LogP contribution in [0.2, 0.25) is 0 Å². The van der Waals surface area contributed by atoms with Gasteiger partial charge in [-0.25, -0.2) is 0 Å². The molecule has 0 amide bonds. The highest BCUT2D eigenvalue weighted by Crippen LogP contribution is 2.51. The molecule has 1 atom stereocenters. The van der Waals surface area contributed by atoms with Crippen molar-refractivity contribution in [2.75, 3.05) is 4.90 Å². The van der Waals surface area contributed by atoms with E-state index >= 15 is 0 Å². The summed E-state index contributed by atoms with van der Waals surface area (Å²) in [4.78, 5) is 17.6. The van der Waals surface area contributed by atoms with E-state index in [0.29, 0.717) is 29.8 Å². The van der Waals surface area contributed by atoms with Gasteiger partial charge in [0.1, 0.15) is 5.82 Å². The molecule has 31 heavy (non-hydrogen) atoms. The number of ketones is 1. The van der Waals surface area contributed by atoms with Gasteiger partial charge in [0.15, 0.2) is 5.78 Å². The summed E-state index contributed by atoms with van der Waals surface area (Å²) in [5.41, 5.74) is 9.39. The van der Waals surface area contributed by atoms with Crippen molar-refractivity contribution in [3.63, 3.8) is 0 Å². The van der Waals surface area contributed by atoms with Gasteiger partial charge in [-0.2, -0.15) is 5.26 Å². The molecule has 2 N–H and O–H groups in total. The highest BCUT2D eigenvalue weighted by Gasteiger charge is 2.45. The van der Waals surface area contributed by atoms with Crippen LogP contribution in [0.1, 0.15) is 49.3 Å². The summed E-state index contributed by atoms with van der Waals surface area (Å²) in [6.45, 7) is 6.32. The van der Waals surface area contributed by atoms with Crippen molar-refractivity contribution >= 4 is 54.7 Å². The van der Waals surface area contributed by atoms with Crippen LogP contribution in [0.4, 0.5) is 5.69 Å². The van der Waals surface area contributed by atoms with Crippen molar-refractivity contribution in [2.24, 2.45) is 11.1 Å². The molecule has 7 heteroatoms. The number of allylic oxidation sites excluding steroid dienone is 3. The summed E-state index contributed by atoms with van der Waals surface area (Å²) in [5, 5.41) is 10.2. The van der Waals surface area contributed by atoms with Gasteiger partial charge in [0.25, 0.3) is 0 Å². The highest BCUT2D eigenvalue weighted by molar-refractivity contribution is 9.10. The van der Waals surface area contributed by atoms with Crippen LogP contribution >= 0.6 is 43.2 Å². The molecule has 1 unspecified atom stereocenters. The monoisotopic (exact) mass is 559 g/mol. The van der Waals surface area contributed by atoms with Crippen molar-refractivity contribution < 1.29 is 4.79 Å². The third kappa shape index (κ3) is 3.90. The predicted octanol–water partition coefficient (Wildman–Crippen LogP) is 6.78. The maximum atomic E-state index is 13.5. The van der Waals surface area contributed by atoms with Gasteiger partial charge < -0.3 is 5.73 Å². The van der Waals surface area contributed by atoms with E-state index in [4.69, 9.17) is 5.73 Å². The molecule has 1 aliphatic heterocycles. The van der Waals surface area contributed by atoms with Crippen LogP contribution < -0.4 is 10.6 Å². The van der Waals surface area contributed by atoms with Crippen LogP contribution in [0, 0.1) is 16.7 Å². The number of carbonyl (C=O) groups excluding carboxylic acids is 1. The average molecular weight is 561 g/mol. The lowest BCUT2D eigenvalue weighted by molar-refractivity contribution is -0.118. The second-order valence-electron chi connectivity index (χ2n) is 8.73. The Bertz CT molecular complexity index is 1190. The molecule has 1 aromatic carbocycles. The van der Waals surface area contributed by atoms with E-state index in [9.17, 15) is 10.1 Å². The Kier molecular flexibility index (Phi) is 5.93. The van der Waals surface area contributed by atoms with Crippen molar-refractivity contribution in [3.8, 4) is 6.07 Å². The second kappa shape index (κ2) is 8.23. The van der Waals surface area contributed by atoms with Crippen molar-refractivity contribution in [2.45, 2.75) is 46.0 Å². The molecular formula is C24H23Br2N3OS. The highest BCUT2D eigenvalue weighted by atomic mass is 79.9. The fourth-order valence-corrected chi connectivity index (χ4v) is 6.94. The largest absolute Gasteiger partial charge is 0.384 e. The molecule has 0 radical (unpaired) electrons. The first-order valence-electron chi connectivity index (χ1n) is 10.2. The molecule has 0 saturated heterocycles. The van der Waals surface area contributed by atoms with Gasteiger partial charge in [-0.05, 0) is 58.5 Å². The molecule has 1 aliphatic carbocycles. The normalized spacial score (nSPS) is 20.7. The fraction of sp³-hybridized carbons (Fsp3) is 0.333. The van der Waals surface area contributed by atoms with Crippen LogP contribution in [0.5, 0.6) is 0 Å². The van der Waals surface area contributed by atoms with Gasteiger partial charge in [-0.1, -0.05) is 42.8 Å². The Morgan fingerprint density at radius 1 is 1.29 bits per heavy atom. The van der Waals surface area contributed by atoms with Gasteiger partial charge in [0.2, 0.25) is 0 Å². The Balaban J connectivity index is 2.00. The lowest BCUT2D eigenvalue weighted by Gasteiger charge is -2.43. The van der Waals surface area contributed by atoms with Crippen molar-refractivity contribution in [1.29, 1.82) is 5.26 Å². The zero-order valence-electron chi connectivity index (χ0n) is 17.6. The number of thiophene rings is 1. The number of benzene rings is 1. The van der Waals surface area contributed by atoms with Crippen LogP contribution in [-0.4, -0.2) is 5.78 Å². The number of rotatable bonds is 3. The molecule has 160 valence electrons. The number of anilines is 1. The minimum absolute atomic E-state index is 0.0964. The zero-order chi connectivity index (χ0) is 22.5. The van der Waals surface area contributed by atoms with Crippen molar-refractivity contribution in [1.82, 2.24) is 0 Å². The number of Topliss-reactive ketones (excluding diaryl/α,β-unsaturated/α-hetero) is 1. The molecule has 4 rings (SSSR count). The molecule has 2 aliphatic rings. The number of aryl methyl sites for hydroxylation is 1. The summed E-state index contributed by atoms with van der Waals surface area (Å²) in [6.07, 6.45) is 2.06. The predicted molar refractivity (Wildman–Crippen MR) is 133 cm³/mol. The first-order valence-corrected chi connectivity index (χ1v) is 12.6. The maximum absolute atomic E-state index is 13.5. The Morgan fingerprint density at radius 3 is 2.65 bits per heavy atom. The quantitative estimate of drug-likeness (QED) is 0.449. The lowest BCUT2D eigenvalue weighted by atomic mass is 9.69. The topological polar surface area (TPSA) is 70.1 Å². The Morgan fingerprint density at radius 2 is 2.03 bits per heavy atom. The van der Waals surface area contributed by atoms with E-state index in [-0.39, 0.29) is 11.2 Å². The van der Waals surface area contributed by atoms with E-state index in [1.165, 1.54) is 4.88 Å². The number of nitriles is 1. The van der Waals surface area contributed by atoms with E-state index in [2.05, 4.69) is 58.7 Å². The lowest BCUT2D eigenvalue weighted by Crippen LogP contribution is -2.42. The number of nitrogens with zero attached hydrogens (tertiary/aromatic N) is 2. The van der Waals surface area contributed by atoms with Gasteiger partial charge in [-0.3, -0.25) is 9.69 Å². The maximum Gasteiger partial charge on any atom is 0.162 e. The molecular weight excluding hydrogens is 538 g/mol. The van der Waals surface area contributed by atoms with Crippen LogP contribution in [0.3, 0.4) is 0 Å². The average Bonchev–Trinajstić information content (AvgIpc) is 3.06. The van der Waals surface area contributed by atoms with Gasteiger partial charge in [0.05, 0.1) is 17.6 Å². The second-order valence-corrected chi connectivity index (χ2v) is 11.7. The Hall–Kier alpha value is -1.88. The molecule has 2 heterocycles. The number of carbonyl (C=O) groups is 1. The van der Waals surface area contributed by atoms with E-state index < -0.39 is 5.92 Å². The summed E-state index contributed by atoms with van der Waals surface area (Å²) in [7, 11) is 0. The van der Waals surface area contributed by atoms with Crippen LogP contribution in [-0.2, 0) is 11.2 Å². The first-order chi connectivity index (χ1) is 14.7. The molecule has 0 bridgehead atoms. The molecule has 1 aromatic heterocycles. The van der Waals surface area contributed by atoms with Gasteiger partial charge in [-0.15, -0.1) is 11.3 Å². The summed E-state index contributed by atoms with van der Waals surface area (Å²) < 4.78 is 1.93. The molecule has 0 spiro atoms. The van der Waals surface area contributed by atoms with Crippen LogP contribution in [0.15, 0.2) is 61.9 Å². The third-order valence-electron chi connectivity index (χ3n) is 5.83. The summed E-state index contributed by atoms with van der Waals surface area (Å²) in [6, 6.07) is 12.2. The number of hydrogen-bond donors (Lipinski definition) is 1. The van der Waals surface area contributed by atoms with E-state index in [1.807, 2.05) is 35.2 Å². The molecule has 0 saturated carbocycles. The zero-order valence-corrected chi connectivity index (χ0v) is 21.6. The summed E-state index contributed by atoms with van der Waals surface area (Å²) in [5.74, 6) is 0.0742. The van der Waals surface area contributed by atoms with E-state index in [1.54, 1.807) is 11.3 Å². The van der Waals surface area contributed by atoms with Crippen molar-refractivity contribution in [3.05, 3.63) is 71.7 Å². The molecule has 0 fully saturated rings. The minimum atomic E-state index is -0.423. The van der Waals surface area contributed by atoms with Gasteiger partial charge in [0, 0.05) is 42.1 Å². The summed E-state index contributed by atoms with van der Waals surface area (Å²) >= 11 is 8.82. The SMILES string of the molecule is CCc1sc(C2C(C#N)=C(N)N(c3cccc(Br)c3)C3=C2C(=O)CC(C)(C)C3)cc1Br. The standard InChI is InChI=1S/C24H23Br2N3OS/c1-4-19-16(26)9-20(31-19)21-15(12-27)23(28)29(14-7-5-6-13(25)8-14)17-10-24(2,3)11-18(30)22(17)21/h5-9,21H,4,10-11,28H2,1-3H3. The fourth-order valence-electron chi connectivity index (χ4n) is 4.51. The number of hydrogen-bond acceptors (Lipinski definition) is 5. The molecule has 2 aromatic rings. The van der Waals surface area contributed by atoms with E-state index in [0.717, 1.165) is 31.6 Å². The smallest absolute Gasteiger partial charge is 0.162 e. The third-order valence-corrected chi connectivity index (χ3v) is 8.64. The number of halogens is 2. The first kappa shape index (κ1) is 22.3. The molecule has 4 nitrogen and oxygen atoms in total. The Labute approximate surface area is 203 Å². The number of nitrogens with two attached hydrogens (primary N) is 1. The van der Waals surface area contributed by atoms with Crippen LogP contribution in [0.25, 0.3) is 0 Å². The minimum Gasteiger partial charge on any atom is -0.384 e. The van der Waals surface area contributed by atoms with Gasteiger partial charge >= 0.3 is 0 Å².